The number of fused-ring (bicyclic) bond motifs is 1. The Morgan fingerprint density at radius 2 is 2.08 bits per heavy atom. The van der Waals surface area contributed by atoms with Crippen LogP contribution in [0.5, 0.6) is 17.2 Å². The summed E-state index contributed by atoms with van der Waals surface area (Å²) in [6, 6.07) is 3.64. The fourth-order valence-corrected chi connectivity index (χ4v) is 1.31. The largest absolute Gasteiger partial charge is 0.496 e. The lowest BCUT2D eigenvalue weighted by molar-refractivity contribution is 0.174. The van der Waals surface area contributed by atoms with E-state index in [0.29, 0.717) is 12.3 Å². The molecule has 2 N–H and O–H groups in total. The van der Waals surface area contributed by atoms with Gasteiger partial charge in [0.2, 0.25) is 6.79 Å². The lowest BCUT2D eigenvalue weighted by Crippen LogP contribution is -1.99. The van der Waals surface area contributed by atoms with Gasteiger partial charge in [0.25, 0.3) is 0 Å². The molecule has 0 fully saturated rings. The number of rotatable bonds is 2. The first-order chi connectivity index (χ1) is 6.35. The molecule has 1 aromatic rings. The van der Waals surface area contributed by atoms with E-state index in [1.165, 1.54) is 0 Å². The van der Waals surface area contributed by atoms with Gasteiger partial charge in [0.15, 0.2) is 11.5 Å². The molecule has 1 aliphatic heterocycles. The highest BCUT2D eigenvalue weighted by Crippen LogP contribution is 2.37. The SMILES string of the molecule is COc1cc2c(cc1CN)OCO2. The van der Waals surface area contributed by atoms with Gasteiger partial charge in [0.05, 0.1) is 7.11 Å². The van der Waals surface area contributed by atoms with Crippen molar-refractivity contribution in [2.45, 2.75) is 6.54 Å². The first-order valence-electron chi connectivity index (χ1n) is 4.01. The molecule has 4 nitrogen and oxygen atoms in total. The predicted molar refractivity (Wildman–Crippen MR) is 47.0 cm³/mol. The lowest BCUT2D eigenvalue weighted by Gasteiger charge is -2.07. The first-order valence-corrected chi connectivity index (χ1v) is 4.01. The molecule has 0 amide bonds. The quantitative estimate of drug-likeness (QED) is 0.736. The average molecular weight is 181 g/mol. The van der Waals surface area contributed by atoms with E-state index in [2.05, 4.69) is 0 Å². The van der Waals surface area contributed by atoms with Gasteiger partial charge in [-0.25, -0.2) is 0 Å². The van der Waals surface area contributed by atoms with Crippen molar-refractivity contribution < 1.29 is 14.2 Å². The summed E-state index contributed by atoms with van der Waals surface area (Å²) in [5.41, 5.74) is 6.47. The zero-order valence-corrected chi connectivity index (χ0v) is 7.37. The van der Waals surface area contributed by atoms with Crippen molar-refractivity contribution in [3.05, 3.63) is 17.7 Å². The second-order valence-corrected chi connectivity index (χ2v) is 2.72. The van der Waals surface area contributed by atoms with E-state index in [0.717, 1.165) is 17.1 Å². The van der Waals surface area contributed by atoms with Gasteiger partial charge in [0, 0.05) is 18.2 Å². The van der Waals surface area contributed by atoms with Crippen LogP contribution >= 0.6 is 0 Å². The molecule has 1 aromatic carbocycles. The van der Waals surface area contributed by atoms with E-state index < -0.39 is 0 Å². The second-order valence-electron chi connectivity index (χ2n) is 2.72. The zero-order chi connectivity index (χ0) is 9.26. The molecule has 2 rings (SSSR count). The maximum atomic E-state index is 5.54. The number of hydrogen-bond donors (Lipinski definition) is 1. The number of hydrogen-bond acceptors (Lipinski definition) is 4. The van der Waals surface area contributed by atoms with Crippen LogP contribution in [0.25, 0.3) is 0 Å². The van der Waals surface area contributed by atoms with Gasteiger partial charge in [-0.15, -0.1) is 0 Å². The van der Waals surface area contributed by atoms with Crippen molar-refractivity contribution in [3.8, 4) is 17.2 Å². The monoisotopic (exact) mass is 181 g/mol. The fourth-order valence-electron chi connectivity index (χ4n) is 1.31. The molecule has 1 aliphatic rings. The number of benzene rings is 1. The molecule has 70 valence electrons. The zero-order valence-electron chi connectivity index (χ0n) is 7.37. The Balaban J connectivity index is 2.47. The van der Waals surface area contributed by atoms with Crippen LogP contribution in [0.1, 0.15) is 5.56 Å². The second kappa shape index (κ2) is 3.14. The van der Waals surface area contributed by atoms with Gasteiger partial charge in [-0.1, -0.05) is 0 Å². The maximum Gasteiger partial charge on any atom is 0.231 e. The van der Waals surface area contributed by atoms with Gasteiger partial charge in [-0.3, -0.25) is 0 Å². The van der Waals surface area contributed by atoms with E-state index in [9.17, 15) is 0 Å². The van der Waals surface area contributed by atoms with Crippen LogP contribution in [-0.4, -0.2) is 13.9 Å². The van der Waals surface area contributed by atoms with Crippen LogP contribution in [-0.2, 0) is 6.54 Å². The molecule has 0 saturated carbocycles. The highest BCUT2D eigenvalue weighted by molar-refractivity contribution is 5.51. The molecular formula is C9H11NO3. The molecular weight excluding hydrogens is 170 g/mol. The van der Waals surface area contributed by atoms with E-state index in [4.69, 9.17) is 19.9 Å². The van der Waals surface area contributed by atoms with Gasteiger partial charge in [-0.2, -0.15) is 0 Å². The van der Waals surface area contributed by atoms with Crippen molar-refractivity contribution in [1.82, 2.24) is 0 Å². The van der Waals surface area contributed by atoms with Gasteiger partial charge < -0.3 is 19.9 Å². The number of methoxy groups -OCH3 is 1. The van der Waals surface area contributed by atoms with Crippen LogP contribution in [0.2, 0.25) is 0 Å². The minimum Gasteiger partial charge on any atom is -0.496 e. The Hall–Kier alpha value is -1.42. The Morgan fingerprint density at radius 1 is 1.38 bits per heavy atom. The molecule has 0 aromatic heterocycles. The van der Waals surface area contributed by atoms with Crippen LogP contribution in [0.15, 0.2) is 12.1 Å². The van der Waals surface area contributed by atoms with Crippen LogP contribution in [0.3, 0.4) is 0 Å². The van der Waals surface area contributed by atoms with Crippen LogP contribution in [0.4, 0.5) is 0 Å². The third kappa shape index (κ3) is 1.29. The van der Waals surface area contributed by atoms with Crippen molar-refractivity contribution in [2.24, 2.45) is 5.73 Å². The highest BCUT2D eigenvalue weighted by Gasteiger charge is 2.16. The van der Waals surface area contributed by atoms with E-state index >= 15 is 0 Å². The molecule has 13 heavy (non-hydrogen) atoms. The Bertz CT molecular complexity index is 294. The molecule has 0 radical (unpaired) electrons. The van der Waals surface area contributed by atoms with Crippen LogP contribution in [0, 0.1) is 0 Å². The van der Waals surface area contributed by atoms with Crippen molar-refractivity contribution >= 4 is 0 Å². The maximum absolute atomic E-state index is 5.54. The summed E-state index contributed by atoms with van der Waals surface area (Å²) in [6.45, 7) is 0.701. The Labute approximate surface area is 76.2 Å². The van der Waals surface area contributed by atoms with E-state index in [-0.39, 0.29) is 6.79 Å². The molecule has 0 saturated heterocycles. The third-order valence-corrected chi connectivity index (χ3v) is 2.00. The van der Waals surface area contributed by atoms with E-state index in [1.54, 1.807) is 13.2 Å². The highest BCUT2D eigenvalue weighted by atomic mass is 16.7. The molecule has 0 aliphatic carbocycles. The summed E-state index contributed by atoms with van der Waals surface area (Å²) in [4.78, 5) is 0. The van der Waals surface area contributed by atoms with Crippen molar-refractivity contribution in [1.29, 1.82) is 0 Å². The number of nitrogens with two attached hydrogens (primary N) is 1. The van der Waals surface area contributed by atoms with Crippen LogP contribution < -0.4 is 19.9 Å². The van der Waals surface area contributed by atoms with Crippen molar-refractivity contribution in [3.63, 3.8) is 0 Å². The van der Waals surface area contributed by atoms with Gasteiger partial charge in [-0.05, 0) is 6.07 Å². The van der Waals surface area contributed by atoms with Crippen molar-refractivity contribution in [2.75, 3.05) is 13.9 Å². The summed E-state index contributed by atoms with van der Waals surface area (Å²) in [5, 5.41) is 0. The van der Waals surface area contributed by atoms with Gasteiger partial charge in [0.1, 0.15) is 5.75 Å². The summed E-state index contributed by atoms with van der Waals surface area (Å²) in [5.74, 6) is 2.20. The smallest absolute Gasteiger partial charge is 0.231 e. The molecule has 0 atom stereocenters. The normalized spacial score (nSPS) is 13.1. The number of ether oxygens (including phenoxy) is 3. The van der Waals surface area contributed by atoms with E-state index in [1.807, 2.05) is 6.07 Å². The minimum absolute atomic E-state index is 0.270. The average Bonchev–Trinajstić information content (AvgIpc) is 2.62. The summed E-state index contributed by atoms with van der Waals surface area (Å²) in [7, 11) is 1.61. The lowest BCUT2D eigenvalue weighted by atomic mass is 10.2. The Morgan fingerprint density at radius 3 is 2.69 bits per heavy atom. The fraction of sp³-hybridized carbons (Fsp3) is 0.333. The molecule has 0 spiro atoms. The minimum atomic E-state index is 0.270. The Kier molecular flexibility index (Phi) is 1.98. The summed E-state index contributed by atoms with van der Waals surface area (Å²) in [6.07, 6.45) is 0. The predicted octanol–water partition coefficient (Wildman–Crippen LogP) is 0.883. The standard InChI is InChI=1S/C9H11NO3/c1-11-7-3-9-8(12-5-13-9)2-6(7)4-10/h2-3H,4-5,10H2,1H3. The topological polar surface area (TPSA) is 53.7 Å². The molecule has 0 bridgehead atoms. The molecule has 0 unspecified atom stereocenters. The molecule has 1 heterocycles. The van der Waals surface area contributed by atoms with Gasteiger partial charge >= 0.3 is 0 Å². The first kappa shape index (κ1) is 8.19. The third-order valence-electron chi connectivity index (χ3n) is 2.00. The summed E-state index contributed by atoms with van der Waals surface area (Å²) >= 11 is 0. The summed E-state index contributed by atoms with van der Waals surface area (Å²) < 4.78 is 15.6. The molecule has 4 heteroatoms.